The average Bonchev–Trinajstić information content (AvgIpc) is 2.49. The molecular formula is C13H19NO2. The zero-order valence-corrected chi connectivity index (χ0v) is 10.3. The van der Waals surface area contributed by atoms with Crippen LogP contribution in [0.25, 0.3) is 0 Å². The van der Waals surface area contributed by atoms with Crippen LogP contribution in [0.5, 0.6) is 11.5 Å². The van der Waals surface area contributed by atoms with E-state index in [1.807, 2.05) is 13.0 Å². The third-order valence-corrected chi connectivity index (χ3v) is 2.89. The summed E-state index contributed by atoms with van der Waals surface area (Å²) in [5.74, 6) is 1.66. The van der Waals surface area contributed by atoms with E-state index in [9.17, 15) is 0 Å². The van der Waals surface area contributed by atoms with Crippen molar-refractivity contribution in [1.82, 2.24) is 0 Å². The zero-order valence-electron chi connectivity index (χ0n) is 10.3. The highest BCUT2D eigenvalue weighted by atomic mass is 16.5. The lowest BCUT2D eigenvalue weighted by Gasteiger charge is -2.18. The van der Waals surface area contributed by atoms with Gasteiger partial charge in [-0.15, -0.1) is 0 Å². The molecular weight excluding hydrogens is 202 g/mol. The highest BCUT2D eigenvalue weighted by Gasteiger charge is 2.33. The first-order valence-electron chi connectivity index (χ1n) is 5.58. The quantitative estimate of drug-likeness (QED) is 0.834. The normalized spacial score (nSPS) is 18.8. The zero-order chi connectivity index (χ0) is 11.9. The van der Waals surface area contributed by atoms with Gasteiger partial charge in [0.25, 0.3) is 0 Å². The molecule has 0 saturated heterocycles. The Labute approximate surface area is 96.5 Å². The van der Waals surface area contributed by atoms with Crippen molar-refractivity contribution in [3.63, 3.8) is 0 Å². The van der Waals surface area contributed by atoms with Crippen molar-refractivity contribution in [1.29, 1.82) is 0 Å². The molecule has 1 aromatic carbocycles. The van der Waals surface area contributed by atoms with Crippen molar-refractivity contribution in [2.45, 2.75) is 38.8 Å². The van der Waals surface area contributed by atoms with Gasteiger partial charge in [-0.1, -0.05) is 6.07 Å². The van der Waals surface area contributed by atoms with Gasteiger partial charge in [-0.25, -0.2) is 0 Å². The van der Waals surface area contributed by atoms with Gasteiger partial charge in [0.05, 0.1) is 7.11 Å². The monoisotopic (exact) mass is 221 g/mol. The number of rotatable bonds is 2. The molecule has 0 bridgehead atoms. The summed E-state index contributed by atoms with van der Waals surface area (Å²) in [6.07, 6.45) is 0.902. The summed E-state index contributed by atoms with van der Waals surface area (Å²) in [4.78, 5) is 0. The molecule has 3 nitrogen and oxygen atoms in total. The summed E-state index contributed by atoms with van der Waals surface area (Å²) >= 11 is 0. The van der Waals surface area contributed by atoms with Crippen LogP contribution in [0.1, 0.15) is 37.9 Å². The Morgan fingerprint density at radius 1 is 1.44 bits per heavy atom. The maximum absolute atomic E-state index is 5.90. The van der Waals surface area contributed by atoms with Crippen LogP contribution in [0.3, 0.4) is 0 Å². The standard InChI is InChI=1S/C13H19NO2/c1-8(14)9-5-10-7-13(2,3)16-12(10)11(6-9)15-4/h5-6,8H,7,14H2,1-4H3. The number of hydrogen-bond donors (Lipinski definition) is 1. The van der Waals surface area contributed by atoms with Crippen molar-refractivity contribution in [2.24, 2.45) is 5.73 Å². The summed E-state index contributed by atoms with van der Waals surface area (Å²) in [6, 6.07) is 4.10. The van der Waals surface area contributed by atoms with Gasteiger partial charge in [0, 0.05) is 18.0 Å². The topological polar surface area (TPSA) is 44.5 Å². The third kappa shape index (κ3) is 1.87. The van der Waals surface area contributed by atoms with Crippen LogP contribution in [0.2, 0.25) is 0 Å². The SMILES string of the molecule is COc1cc(C(C)N)cc2c1OC(C)(C)C2. The van der Waals surface area contributed by atoms with E-state index in [2.05, 4.69) is 19.9 Å². The van der Waals surface area contributed by atoms with Crippen molar-refractivity contribution in [3.05, 3.63) is 23.3 Å². The molecule has 1 aliphatic heterocycles. The van der Waals surface area contributed by atoms with Gasteiger partial charge in [-0.3, -0.25) is 0 Å². The molecule has 1 aromatic rings. The van der Waals surface area contributed by atoms with Gasteiger partial charge in [-0.2, -0.15) is 0 Å². The van der Waals surface area contributed by atoms with E-state index in [4.69, 9.17) is 15.2 Å². The Balaban J connectivity index is 2.49. The first-order chi connectivity index (χ1) is 7.43. The van der Waals surface area contributed by atoms with Crippen molar-refractivity contribution in [3.8, 4) is 11.5 Å². The molecule has 2 rings (SSSR count). The molecule has 0 aromatic heterocycles. The van der Waals surface area contributed by atoms with Gasteiger partial charge in [-0.05, 0) is 32.4 Å². The molecule has 16 heavy (non-hydrogen) atoms. The summed E-state index contributed by atoms with van der Waals surface area (Å²) in [5.41, 5.74) is 8.04. The van der Waals surface area contributed by atoms with Gasteiger partial charge in [0.1, 0.15) is 5.60 Å². The first kappa shape index (κ1) is 11.3. The molecule has 2 N–H and O–H groups in total. The van der Waals surface area contributed by atoms with Crippen molar-refractivity contribution in [2.75, 3.05) is 7.11 Å². The predicted octanol–water partition coefficient (Wildman–Crippen LogP) is 2.43. The number of methoxy groups -OCH3 is 1. The molecule has 0 amide bonds. The average molecular weight is 221 g/mol. The van der Waals surface area contributed by atoms with E-state index in [-0.39, 0.29) is 11.6 Å². The fraction of sp³-hybridized carbons (Fsp3) is 0.538. The maximum atomic E-state index is 5.90. The summed E-state index contributed by atoms with van der Waals surface area (Å²) in [7, 11) is 1.66. The molecule has 3 heteroatoms. The summed E-state index contributed by atoms with van der Waals surface area (Å²) in [5, 5.41) is 0. The number of hydrogen-bond acceptors (Lipinski definition) is 3. The minimum Gasteiger partial charge on any atom is -0.493 e. The minimum atomic E-state index is -0.147. The van der Waals surface area contributed by atoms with E-state index < -0.39 is 0 Å². The smallest absolute Gasteiger partial charge is 0.165 e. The van der Waals surface area contributed by atoms with Gasteiger partial charge in [0.2, 0.25) is 0 Å². The van der Waals surface area contributed by atoms with Gasteiger partial charge < -0.3 is 15.2 Å². The fourth-order valence-electron chi connectivity index (χ4n) is 2.12. The molecule has 1 atom stereocenters. The Bertz CT molecular complexity index is 411. The number of nitrogens with two attached hydrogens (primary N) is 1. The number of ether oxygens (including phenoxy) is 2. The van der Waals surface area contributed by atoms with E-state index in [0.717, 1.165) is 23.5 Å². The molecule has 1 aliphatic rings. The first-order valence-corrected chi connectivity index (χ1v) is 5.58. The van der Waals surface area contributed by atoms with E-state index in [1.54, 1.807) is 7.11 Å². The summed E-state index contributed by atoms with van der Waals surface area (Å²) < 4.78 is 11.2. The van der Waals surface area contributed by atoms with Crippen LogP contribution in [0.4, 0.5) is 0 Å². The molecule has 1 heterocycles. The van der Waals surface area contributed by atoms with Gasteiger partial charge >= 0.3 is 0 Å². The van der Waals surface area contributed by atoms with Gasteiger partial charge in [0.15, 0.2) is 11.5 Å². The van der Waals surface area contributed by atoms with Crippen molar-refractivity contribution < 1.29 is 9.47 Å². The lowest BCUT2D eigenvalue weighted by Crippen LogP contribution is -2.24. The largest absolute Gasteiger partial charge is 0.493 e. The Morgan fingerprint density at radius 3 is 2.69 bits per heavy atom. The summed E-state index contributed by atoms with van der Waals surface area (Å²) in [6.45, 7) is 6.14. The van der Waals surface area contributed by atoms with E-state index in [1.165, 1.54) is 5.56 Å². The van der Waals surface area contributed by atoms with Crippen LogP contribution in [0.15, 0.2) is 12.1 Å². The maximum Gasteiger partial charge on any atom is 0.165 e. The van der Waals surface area contributed by atoms with Crippen LogP contribution in [-0.2, 0) is 6.42 Å². The molecule has 0 saturated carbocycles. The van der Waals surface area contributed by atoms with Crippen LogP contribution in [-0.4, -0.2) is 12.7 Å². The second-order valence-corrected chi connectivity index (χ2v) is 5.04. The fourth-order valence-corrected chi connectivity index (χ4v) is 2.12. The Hall–Kier alpha value is -1.22. The Kier molecular flexibility index (Phi) is 2.58. The lowest BCUT2D eigenvalue weighted by atomic mass is 9.98. The molecule has 0 spiro atoms. The second kappa shape index (κ2) is 3.67. The third-order valence-electron chi connectivity index (χ3n) is 2.89. The highest BCUT2D eigenvalue weighted by Crippen LogP contribution is 2.43. The number of fused-ring (bicyclic) bond motifs is 1. The van der Waals surface area contributed by atoms with Crippen LogP contribution in [0, 0.1) is 0 Å². The van der Waals surface area contributed by atoms with E-state index in [0.29, 0.717) is 0 Å². The Morgan fingerprint density at radius 2 is 2.12 bits per heavy atom. The minimum absolute atomic E-state index is 0.0166. The highest BCUT2D eigenvalue weighted by molar-refractivity contribution is 5.53. The molecule has 0 fully saturated rings. The number of benzene rings is 1. The predicted molar refractivity (Wildman–Crippen MR) is 64.0 cm³/mol. The molecule has 1 unspecified atom stereocenters. The van der Waals surface area contributed by atoms with E-state index >= 15 is 0 Å². The molecule has 0 aliphatic carbocycles. The lowest BCUT2D eigenvalue weighted by molar-refractivity contribution is 0.134. The van der Waals surface area contributed by atoms with Crippen molar-refractivity contribution >= 4 is 0 Å². The van der Waals surface area contributed by atoms with Crippen LogP contribution >= 0.6 is 0 Å². The molecule has 88 valence electrons. The van der Waals surface area contributed by atoms with Crippen LogP contribution < -0.4 is 15.2 Å². The molecule has 0 radical (unpaired) electrons. The second-order valence-electron chi connectivity index (χ2n) is 5.04.